The molecule has 142 valence electrons. The quantitative estimate of drug-likeness (QED) is 0.756. The molecule has 4 nitrogen and oxygen atoms in total. The number of esters is 1. The number of piperidine rings is 1. The van der Waals surface area contributed by atoms with Gasteiger partial charge in [-0.1, -0.05) is 42.5 Å². The molecule has 1 unspecified atom stereocenters. The van der Waals surface area contributed by atoms with E-state index >= 15 is 0 Å². The molecule has 0 bridgehead atoms. The van der Waals surface area contributed by atoms with Crippen LogP contribution in [0.2, 0.25) is 0 Å². The molecule has 1 fully saturated rings. The molecule has 2 aromatic rings. The van der Waals surface area contributed by atoms with Crippen LogP contribution in [-0.2, 0) is 9.53 Å². The first-order valence-corrected chi connectivity index (χ1v) is 9.32. The number of ether oxygens (including phenoxy) is 1. The monoisotopic (exact) mass is 369 g/mol. The van der Waals surface area contributed by atoms with Crippen molar-refractivity contribution < 1.29 is 18.7 Å². The molecule has 2 atom stereocenters. The molecular formula is C22H24FNO3. The molecule has 1 aliphatic rings. The molecule has 0 aliphatic carbocycles. The second-order valence-electron chi connectivity index (χ2n) is 6.79. The van der Waals surface area contributed by atoms with Crippen LogP contribution in [0.3, 0.4) is 0 Å². The minimum Gasteiger partial charge on any atom is -0.466 e. The molecule has 0 radical (unpaired) electrons. The molecule has 0 N–H and O–H groups in total. The van der Waals surface area contributed by atoms with Crippen LogP contribution in [0.5, 0.6) is 0 Å². The van der Waals surface area contributed by atoms with E-state index in [-0.39, 0.29) is 24.0 Å². The van der Waals surface area contributed by atoms with Crippen LogP contribution in [0.4, 0.5) is 4.39 Å². The largest absolute Gasteiger partial charge is 0.466 e. The number of aryl methyl sites for hydroxylation is 1. The minimum absolute atomic E-state index is 0.0722. The normalized spacial score (nSPS) is 19.6. The molecule has 5 heteroatoms. The highest BCUT2D eigenvalue weighted by Crippen LogP contribution is 2.38. The van der Waals surface area contributed by atoms with Crippen LogP contribution in [0.25, 0.3) is 0 Å². The van der Waals surface area contributed by atoms with Crippen molar-refractivity contribution in [1.29, 1.82) is 0 Å². The fraction of sp³-hybridized carbons (Fsp3) is 0.364. The van der Waals surface area contributed by atoms with Crippen LogP contribution < -0.4 is 0 Å². The number of hydrogen-bond acceptors (Lipinski definition) is 3. The number of amides is 1. The zero-order valence-electron chi connectivity index (χ0n) is 15.7. The number of rotatable bonds is 4. The summed E-state index contributed by atoms with van der Waals surface area (Å²) in [6.45, 7) is 4.25. The van der Waals surface area contributed by atoms with Crippen LogP contribution in [-0.4, -0.2) is 29.9 Å². The van der Waals surface area contributed by atoms with Crippen molar-refractivity contribution in [1.82, 2.24) is 4.90 Å². The first kappa shape index (κ1) is 19.1. The number of hydrogen-bond donors (Lipinski definition) is 0. The van der Waals surface area contributed by atoms with Crippen molar-refractivity contribution in [3.63, 3.8) is 0 Å². The van der Waals surface area contributed by atoms with Gasteiger partial charge in [-0.05, 0) is 43.9 Å². The molecular weight excluding hydrogens is 345 g/mol. The lowest BCUT2D eigenvalue weighted by Crippen LogP contribution is -2.46. The number of nitrogens with zero attached hydrogens (tertiary/aromatic N) is 1. The highest BCUT2D eigenvalue weighted by molar-refractivity contribution is 5.96. The molecule has 27 heavy (non-hydrogen) atoms. The molecule has 2 aromatic carbocycles. The number of halogens is 1. The fourth-order valence-electron chi connectivity index (χ4n) is 3.83. The molecule has 1 aliphatic heterocycles. The summed E-state index contributed by atoms with van der Waals surface area (Å²) in [5.41, 5.74) is 1.52. The molecule has 0 spiro atoms. The predicted molar refractivity (Wildman–Crippen MR) is 101 cm³/mol. The van der Waals surface area contributed by atoms with Gasteiger partial charge in [0.25, 0.3) is 5.91 Å². The third kappa shape index (κ3) is 3.87. The van der Waals surface area contributed by atoms with Crippen LogP contribution in [0.15, 0.2) is 48.5 Å². The Morgan fingerprint density at radius 3 is 2.56 bits per heavy atom. The maximum atomic E-state index is 14.4. The van der Waals surface area contributed by atoms with E-state index in [1.165, 1.54) is 6.07 Å². The topological polar surface area (TPSA) is 46.6 Å². The molecule has 1 heterocycles. The first-order valence-electron chi connectivity index (χ1n) is 9.32. The Kier molecular flexibility index (Phi) is 5.89. The molecule has 1 amide bonds. The molecule has 0 aromatic heterocycles. The van der Waals surface area contributed by atoms with Crippen molar-refractivity contribution >= 4 is 11.9 Å². The van der Waals surface area contributed by atoms with Crippen molar-refractivity contribution in [2.75, 3.05) is 13.2 Å². The number of carbonyl (C=O) groups excluding carboxylic acids is 2. The van der Waals surface area contributed by atoms with Gasteiger partial charge < -0.3 is 9.64 Å². The predicted octanol–water partition coefficient (Wildman–Crippen LogP) is 4.29. The van der Waals surface area contributed by atoms with Gasteiger partial charge in [0.05, 0.1) is 24.1 Å². The summed E-state index contributed by atoms with van der Waals surface area (Å²) in [6.07, 6.45) is 1.31. The van der Waals surface area contributed by atoms with E-state index < -0.39 is 17.8 Å². The average Bonchev–Trinajstić information content (AvgIpc) is 2.68. The highest BCUT2D eigenvalue weighted by Gasteiger charge is 2.41. The van der Waals surface area contributed by atoms with Crippen LogP contribution in [0, 0.1) is 18.7 Å². The summed E-state index contributed by atoms with van der Waals surface area (Å²) in [7, 11) is 0. The van der Waals surface area contributed by atoms with Crippen molar-refractivity contribution in [2.24, 2.45) is 5.92 Å². The average molecular weight is 369 g/mol. The Bertz CT molecular complexity index is 801. The van der Waals surface area contributed by atoms with Gasteiger partial charge in [0.2, 0.25) is 0 Å². The summed E-state index contributed by atoms with van der Waals surface area (Å²) < 4.78 is 19.7. The van der Waals surface area contributed by atoms with Crippen molar-refractivity contribution in [3.8, 4) is 0 Å². The Hall–Kier alpha value is -2.69. The third-order valence-electron chi connectivity index (χ3n) is 5.06. The lowest BCUT2D eigenvalue weighted by atomic mass is 9.84. The Labute approximate surface area is 158 Å². The van der Waals surface area contributed by atoms with Crippen LogP contribution in [0.1, 0.15) is 47.3 Å². The SMILES string of the molecule is CCOC(=O)[C@H]1CCCN(C(=O)c2c(C)cccc2F)C1c1ccccc1. The van der Waals surface area contributed by atoms with Crippen molar-refractivity contribution in [3.05, 3.63) is 71.0 Å². The van der Waals surface area contributed by atoms with Gasteiger partial charge in [0.1, 0.15) is 5.82 Å². The fourth-order valence-corrected chi connectivity index (χ4v) is 3.83. The van der Waals surface area contributed by atoms with E-state index in [1.807, 2.05) is 30.3 Å². The lowest BCUT2D eigenvalue weighted by Gasteiger charge is -2.40. The summed E-state index contributed by atoms with van der Waals surface area (Å²) in [4.78, 5) is 27.5. The summed E-state index contributed by atoms with van der Waals surface area (Å²) in [5.74, 6) is -1.69. The van der Waals surface area contributed by atoms with E-state index in [2.05, 4.69) is 0 Å². The second kappa shape index (κ2) is 8.33. The molecule has 3 rings (SSSR count). The van der Waals surface area contributed by atoms with Crippen LogP contribution >= 0.6 is 0 Å². The smallest absolute Gasteiger partial charge is 0.311 e. The Morgan fingerprint density at radius 2 is 1.89 bits per heavy atom. The van der Waals surface area contributed by atoms with E-state index in [0.717, 1.165) is 5.56 Å². The summed E-state index contributed by atoms with van der Waals surface area (Å²) >= 11 is 0. The summed E-state index contributed by atoms with van der Waals surface area (Å²) in [5, 5.41) is 0. The van der Waals surface area contributed by atoms with Gasteiger partial charge in [-0.25, -0.2) is 4.39 Å². The maximum absolute atomic E-state index is 14.4. The zero-order chi connectivity index (χ0) is 19.4. The van der Waals surface area contributed by atoms with E-state index in [1.54, 1.807) is 30.9 Å². The first-order chi connectivity index (χ1) is 13.0. The van der Waals surface area contributed by atoms with Gasteiger partial charge in [0.15, 0.2) is 0 Å². The maximum Gasteiger partial charge on any atom is 0.311 e. The molecule has 1 saturated heterocycles. The highest BCUT2D eigenvalue weighted by atomic mass is 19.1. The van der Waals surface area contributed by atoms with Gasteiger partial charge in [0, 0.05) is 6.54 Å². The van der Waals surface area contributed by atoms with Gasteiger partial charge in [-0.2, -0.15) is 0 Å². The number of benzene rings is 2. The van der Waals surface area contributed by atoms with E-state index in [0.29, 0.717) is 24.9 Å². The minimum atomic E-state index is -0.537. The lowest BCUT2D eigenvalue weighted by molar-refractivity contribution is -0.151. The third-order valence-corrected chi connectivity index (χ3v) is 5.06. The van der Waals surface area contributed by atoms with E-state index in [9.17, 15) is 14.0 Å². The second-order valence-corrected chi connectivity index (χ2v) is 6.79. The van der Waals surface area contributed by atoms with E-state index in [4.69, 9.17) is 4.74 Å². The zero-order valence-corrected chi connectivity index (χ0v) is 15.7. The van der Waals surface area contributed by atoms with Gasteiger partial charge in [-0.3, -0.25) is 9.59 Å². The number of likely N-dealkylation sites (tertiary alicyclic amines) is 1. The Balaban J connectivity index is 2.03. The molecule has 0 saturated carbocycles. The van der Waals surface area contributed by atoms with Gasteiger partial charge in [-0.15, -0.1) is 0 Å². The Morgan fingerprint density at radius 1 is 1.15 bits per heavy atom. The van der Waals surface area contributed by atoms with Gasteiger partial charge >= 0.3 is 5.97 Å². The summed E-state index contributed by atoms with van der Waals surface area (Å²) in [6, 6.07) is 13.6. The standard InChI is InChI=1S/C22H24FNO3/c1-3-27-22(26)17-12-8-14-24(20(17)16-10-5-4-6-11-16)21(25)19-15(2)9-7-13-18(19)23/h4-7,9-11,13,17,20H,3,8,12,14H2,1-2H3/t17-,20?/m0/s1. The van der Waals surface area contributed by atoms with Crippen molar-refractivity contribution in [2.45, 2.75) is 32.7 Å². The number of carbonyl (C=O) groups is 2.